The Bertz CT molecular complexity index is 355. The van der Waals surface area contributed by atoms with Crippen molar-refractivity contribution in [2.24, 2.45) is 0 Å². The predicted molar refractivity (Wildman–Crippen MR) is 47.4 cm³/mol. The summed E-state index contributed by atoms with van der Waals surface area (Å²) in [5, 5.41) is 8.73. The molecule has 0 amide bonds. The quantitative estimate of drug-likeness (QED) is 0.684. The summed E-state index contributed by atoms with van der Waals surface area (Å²) in [5.74, 6) is 0.327. The Labute approximate surface area is 77.2 Å². The fraction of sp³-hybridized carbons (Fsp3) is 0.444. The van der Waals surface area contributed by atoms with Crippen LogP contribution in [0.1, 0.15) is 24.0 Å². The lowest BCUT2D eigenvalue weighted by Gasteiger charge is -2.05. The summed E-state index contributed by atoms with van der Waals surface area (Å²) in [5.41, 5.74) is 1.81. The first-order valence-corrected chi connectivity index (χ1v) is 4.07. The molecule has 4 nitrogen and oxygen atoms in total. The van der Waals surface area contributed by atoms with Crippen LogP contribution in [0, 0.1) is 25.2 Å². The van der Waals surface area contributed by atoms with Crippen LogP contribution in [0.25, 0.3) is 0 Å². The SMILES string of the molecule is CCOc1nc(C)c(C)nc1C#N. The van der Waals surface area contributed by atoms with Crippen molar-refractivity contribution in [3.8, 4) is 11.9 Å². The largest absolute Gasteiger partial charge is 0.476 e. The number of nitrogens with zero attached hydrogens (tertiary/aromatic N) is 3. The van der Waals surface area contributed by atoms with Crippen LogP contribution < -0.4 is 4.74 Å². The summed E-state index contributed by atoms with van der Waals surface area (Å²) in [6.45, 7) is 5.99. The topological polar surface area (TPSA) is 58.8 Å². The maximum Gasteiger partial charge on any atom is 0.251 e. The summed E-state index contributed by atoms with van der Waals surface area (Å²) >= 11 is 0. The molecule has 68 valence electrons. The lowest BCUT2D eigenvalue weighted by Crippen LogP contribution is -2.03. The third kappa shape index (κ3) is 1.94. The molecule has 13 heavy (non-hydrogen) atoms. The van der Waals surface area contributed by atoms with E-state index >= 15 is 0 Å². The summed E-state index contributed by atoms with van der Waals surface area (Å²) < 4.78 is 5.17. The van der Waals surface area contributed by atoms with Gasteiger partial charge in [0.15, 0.2) is 0 Å². The third-order valence-corrected chi connectivity index (χ3v) is 1.66. The van der Waals surface area contributed by atoms with E-state index in [1.165, 1.54) is 0 Å². The minimum atomic E-state index is 0.255. The Kier molecular flexibility index (Phi) is 2.80. The van der Waals surface area contributed by atoms with Crippen LogP contribution in [0.5, 0.6) is 5.88 Å². The van der Waals surface area contributed by atoms with Crippen molar-refractivity contribution in [3.05, 3.63) is 17.1 Å². The van der Waals surface area contributed by atoms with Gasteiger partial charge in [0, 0.05) is 0 Å². The van der Waals surface area contributed by atoms with Crippen LogP contribution in [0.3, 0.4) is 0 Å². The average Bonchev–Trinajstić information content (AvgIpc) is 2.11. The van der Waals surface area contributed by atoms with Crippen molar-refractivity contribution in [1.82, 2.24) is 9.97 Å². The number of aromatic nitrogens is 2. The molecular formula is C9H11N3O. The number of ether oxygens (including phenoxy) is 1. The van der Waals surface area contributed by atoms with Crippen molar-refractivity contribution in [1.29, 1.82) is 5.26 Å². The fourth-order valence-corrected chi connectivity index (χ4v) is 0.893. The molecule has 0 aliphatic rings. The first kappa shape index (κ1) is 9.46. The molecule has 0 saturated carbocycles. The number of rotatable bonds is 2. The zero-order valence-corrected chi connectivity index (χ0v) is 7.96. The summed E-state index contributed by atoms with van der Waals surface area (Å²) in [7, 11) is 0. The van der Waals surface area contributed by atoms with E-state index < -0.39 is 0 Å². The van der Waals surface area contributed by atoms with Crippen molar-refractivity contribution in [2.75, 3.05) is 6.61 Å². The molecule has 0 fully saturated rings. The van der Waals surface area contributed by atoms with Gasteiger partial charge in [0.25, 0.3) is 5.88 Å². The normalized spacial score (nSPS) is 9.38. The molecule has 0 aliphatic heterocycles. The third-order valence-electron chi connectivity index (χ3n) is 1.66. The molecule has 1 aromatic rings. The summed E-state index contributed by atoms with van der Waals surface area (Å²) in [4.78, 5) is 8.19. The number of aryl methyl sites for hydroxylation is 2. The van der Waals surface area contributed by atoms with E-state index in [2.05, 4.69) is 9.97 Å². The molecule has 1 aromatic heterocycles. The van der Waals surface area contributed by atoms with Gasteiger partial charge < -0.3 is 4.74 Å². The second-order valence-corrected chi connectivity index (χ2v) is 2.59. The smallest absolute Gasteiger partial charge is 0.251 e. The zero-order valence-electron chi connectivity index (χ0n) is 7.96. The molecule has 0 radical (unpaired) electrons. The lowest BCUT2D eigenvalue weighted by atomic mass is 10.3. The van der Waals surface area contributed by atoms with Crippen LogP contribution in [0.15, 0.2) is 0 Å². The Morgan fingerprint density at radius 3 is 2.46 bits per heavy atom. The Hall–Kier alpha value is -1.63. The second kappa shape index (κ2) is 3.85. The molecule has 0 spiro atoms. The second-order valence-electron chi connectivity index (χ2n) is 2.59. The van der Waals surface area contributed by atoms with Crippen LogP contribution in [-0.2, 0) is 0 Å². The van der Waals surface area contributed by atoms with Crippen LogP contribution in [0.4, 0.5) is 0 Å². The maximum atomic E-state index is 8.73. The molecule has 1 rings (SSSR count). The Morgan fingerprint density at radius 2 is 1.92 bits per heavy atom. The minimum Gasteiger partial charge on any atom is -0.476 e. The van der Waals surface area contributed by atoms with E-state index in [0.29, 0.717) is 12.5 Å². The molecule has 0 unspecified atom stereocenters. The van der Waals surface area contributed by atoms with E-state index in [0.717, 1.165) is 11.4 Å². The van der Waals surface area contributed by atoms with Gasteiger partial charge in [-0.3, -0.25) is 0 Å². The monoisotopic (exact) mass is 177 g/mol. The standard InChI is InChI=1S/C9H11N3O/c1-4-13-9-8(5-10)11-6(2)7(3)12-9/h4H2,1-3H3. The van der Waals surface area contributed by atoms with Crippen LogP contribution in [0.2, 0.25) is 0 Å². The highest BCUT2D eigenvalue weighted by Gasteiger charge is 2.08. The molecule has 0 bridgehead atoms. The number of hydrogen-bond donors (Lipinski definition) is 0. The molecule has 0 atom stereocenters. The highest BCUT2D eigenvalue weighted by Crippen LogP contribution is 2.14. The van der Waals surface area contributed by atoms with Gasteiger partial charge in [0.2, 0.25) is 5.69 Å². The van der Waals surface area contributed by atoms with Gasteiger partial charge in [0.1, 0.15) is 6.07 Å². The van der Waals surface area contributed by atoms with E-state index in [1.54, 1.807) is 0 Å². The molecular weight excluding hydrogens is 166 g/mol. The Morgan fingerprint density at radius 1 is 1.31 bits per heavy atom. The van der Waals surface area contributed by atoms with E-state index in [-0.39, 0.29) is 5.69 Å². The number of nitriles is 1. The molecule has 4 heteroatoms. The summed E-state index contributed by atoms with van der Waals surface area (Å²) in [6, 6.07) is 1.95. The number of hydrogen-bond acceptors (Lipinski definition) is 4. The van der Waals surface area contributed by atoms with Gasteiger partial charge in [-0.25, -0.2) is 9.97 Å². The van der Waals surface area contributed by atoms with Crippen LogP contribution in [-0.4, -0.2) is 16.6 Å². The van der Waals surface area contributed by atoms with Crippen molar-refractivity contribution in [3.63, 3.8) is 0 Å². The molecule has 0 aliphatic carbocycles. The van der Waals surface area contributed by atoms with E-state index in [1.807, 2.05) is 26.8 Å². The van der Waals surface area contributed by atoms with E-state index in [4.69, 9.17) is 10.00 Å². The highest BCUT2D eigenvalue weighted by molar-refractivity contribution is 5.33. The lowest BCUT2D eigenvalue weighted by molar-refractivity contribution is 0.323. The predicted octanol–water partition coefficient (Wildman–Crippen LogP) is 1.36. The molecule has 0 N–H and O–H groups in total. The van der Waals surface area contributed by atoms with E-state index in [9.17, 15) is 0 Å². The molecule has 0 saturated heterocycles. The van der Waals surface area contributed by atoms with Gasteiger partial charge in [-0.05, 0) is 20.8 Å². The van der Waals surface area contributed by atoms with Gasteiger partial charge >= 0.3 is 0 Å². The van der Waals surface area contributed by atoms with Crippen molar-refractivity contribution in [2.45, 2.75) is 20.8 Å². The first-order valence-electron chi connectivity index (χ1n) is 4.07. The van der Waals surface area contributed by atoms with Gasteiger partial charge in [0.05, 0.1) is 18.0 Å². The zero-order chi connectivity index (χ0) is 9.84. The minimum absolute atomic E-state index is 0.255. The van der Waals surface area contributed by atoms with Crippen molar-refractivity contribution < 1.29 is 4.74 Å². The summed E-state index contributed by atoms with van der Waals surface area (Å²) in [6.07, 6.45) is 0. The molecule has 1 heterocycles. The van der Waals surface area contributed by atoms with Crippen LogP contribution >= 0.6 is 0 Å². The van der Waals surface area contributed by atoms with Gasteiger partial charge in [-0.2, -0.15) is 5.26 Å². The first-order chi connectivity index (χ1) is 6.19. The van der Waals surface area contributed by atoms with Gasteiger partial charge in [-0.15, -0.1) is 0 Å². The Balaban J connectivity index is 3.18. The fourth-order valence-electron chi connectivity index (χ4n) is 0.893. The average molecular weight is 177 g/mol. The maximum absolute atomic E-state index is 8.73. The van der Waals surface area contributed by atoms with Gasteiger partial charge in [-0.1, -0.05) is 0 Å². The van der Waals surface area contributed by atoms with Crippen molar-refractivity contribution >= 4 is 0 Å². The molecule has 0 aromatic carbocycles. The highest BCUT2D eigenvalue weighted by atomic mass is 16.5.